The molecule has 0 aliphatic carbocycles. The van der Waals surface area contributed by atoms with Crippen molar-refractivity contribution in [3.8, 4) is 0 Å². The standard InChI is InChI=1S/C14H11Br2NO3S/c15-8-3-4-10(16)9(6-8)14(20)17-11(7-13(18)19)12-2-1-5-21-12/h1-6,11H,7H2,(H,17,20)(H,18,19). The summed E-state index contributed by atoms with van der Waals surface area (Å²) in [6.07, 6.45) is -0.155. The largest absolute Gasteiger partial charge is 0.481 e. The molecule has 2 N–H and O–H groups in total. The van der Waals surface area contributed by atoms with Gasteiger partial charge in [-0.25, -0.2) is 0 Å². The highest BCUT2D eigenvalue weighted by atomic mass is 79.9. The van der Waals surface area contributed by atoms with Crippen LogP contribution < -0.4 is 5.32 Å². The normalized spacial score (nSPS) is 11.9. The van der Waals surface area contributed by atoms with Gasteiger partial charge >= 0.3 is 5.97 Å². The first-order valence-electron chi connectivity index (χ1n) is 5.98. The van der Waals surface area contributed by atoms with Crippen LogP contribution >= 0.6 is 43.2 Å². The van der Waals surface area contributed by atoms with Gasteiger partial charge in [0.15, 0.2) is 0 Å². The molecule has 2 aromatic rings. The Hall–Kier alpha value is -1.18. The van der Waals surface area contributed by atoms with Gasteiger partial charge in [0, 0.05) is 13.8 Å². The maximum Gasteiger partial charge on any atom is 0.305 e. The highest BCUT2D eigenvalue weighted by Gasteiger charge is 2.21. The number of rotatable bonds is 5. The molecule has 0 saturated heterocycles. The number of hydrogen-bond donors (Lipinski definition) is 2. The first-order valence-corrected chi connectivity index (χ1v) is 8.45. The Morgan fingerprint density at radius 1 is 1.29 bits per heavy atom. The topological polar surface area (TPSA) is 66.4 Å². The number of halogens is 2. The smallest absolute Gasteiger partial charge is 0.305 e. The van der Waals surface area contributed by atoms with Crippen LogP contribution in [-0.4, -0.2) is 17.0 Å². The van der Waals surface area contributed by atoms with E-state index in [1.807, 2.05) is 23.6 Å². The van der Waals surface area contributed by atoms with E-state index in [9.17, 15) is 9.59 Å². The molecule has 1 aromatic heterocycles. The van der Waals surface area contributed by atoms with E-state index in [1.165, 1.54) is 11.3 Å². The lowest BCUT2D eigenvalue weighted by Gasteiger charge is -2.16. The van der Waals surface area contributed by atoms with Gasteiger partial charge in [0.05, 0.1) is 18.0 Å². The van der Waals surface area contributed by atoms with E-state index >= 15 is 0 Å². The monoisotopic (exact) mass is 431 g/mol. The van der Waals surface area contributed by atoms with Gasteiger partial charge < -0.3 is 10.4 Å². The quantitative estimate of drug-likeness (QED) is 0.743. The minimum absolute atomic E-state index is 0.155. The molecule has 0 bridgehead atoms. The molecule has 0 aliphatic heterocycles. The second-order valence-corrected chi connectivity index (χ2v) is 7.01. The zero-order valence-electron chi connectivity index (χ0n) is 10.7. The van der Waals surface area contributed by atoms with Gasteiger partial charge in [-0.2, -0.15) is 0 Å². The molecule has 1 heterocycles. The third-order valence-corrected chi connectivity index (χ3v) is 4.91. The van der Waals surface area contributed by atoms with E-state index in [0.29, 0.717) is 10.0 Å². The van der Waals surface area contributed by atoms with Crippen LogP contribution in [0.2, 0.25) is 0 Å². The van der Waals surface area contributed by atoms with Crippen molar-refractivity contribution in [3.05, 3.63) is 55.1 Å². The Morgan fingerprint density at radius 2 is 2.05 bits per heavy atom. The molecule has 0 saturated carbocycles. The number of nitrogens with one attached hydrogen (secondary N) is 1. The van der Waals surface area contributed by atoms with E-state index in [-0.39, 0.29) is 12.3 Å². The number of carbonyl (C=O) groups excluding carboxylic acids is 1. The number of thiophene rings is 1. The molecule has 1 amide bonds. The molecule has 0 spiro atoms. The SMILES string of the molecule is O=C(O)CC(NC(=O)c1cc(Br)ccc1Br)c1cccs1. The van der Waals surface area contributed by atoms with Crippen LogP contribution in [0.25, 0.3) is 0 Å². The predicted octanol–water partition coefficient (Wildman–Crippen LogP) is 4.22. The molecule has 4 nitrogen and oxygen atoms in total. The molecule has 110 valence electrons. The Bertz CT molecular complexity index is 658. The number of amides is 1. The average Bonchev–Trinajstić information content (AvgIpc) is 2.94. The number of aliphatic carboxylic acids is 1. The minimum atomic E-state index is -0.956. The van der Waals surface area contributed by atoms with Crippen molar-refractivity contribution in [2.75, 3.05) is 0 Å². The molecule has 0 fully saturated rings. The lowest BCUT2D eigenvalue weighted by molar-refractivity contribution is -0.137. The van der Waals surface area contributed by atoms with Gasteiger partial charge in [-0.3, -0.25) is 9.59 Å². The Labute approximate surface area is 142 Å². The minimum Gasteiger partial charge on any atom is -0.481 e. The van der Waals surface area contributed by atoms with Crippen LogP contribution in [0.5, 0.6) is 0 Å². The van der Waals surface area contributed by atoms with Gasteiger partial charge in [-0.05, 0) is 45.6 Å². The summed E-state index contributed by atoms with van der Waals surface area (Å²) >= 11 is 8.06. The second-order valence-electron chi connectivity index (χ2n) is 4.26. The molecule has 21 heavy (non-hydrogen) atoms. The van der Waals surface area contributed by atoms with Crippen molar-refractivity contribution in [1.82, 2.24) is 5.32 Å². The van der Waals surface area contributed by atoms with Gasteiger partial charge in [0.1, 0.15) is 0 Å². The van der Waals surface area contributed by atoms with Crippen LogP contribution in [0.15, 0.2) is 44.7 Å². The zero-order valence-corrected chi connectivity index (χ0v) is 14.7. The summed E-state index contributed by atoms with van der Waals surface area (Å²) in [5.41, 5.74) is 0.455. The fourth-order valence-electron chi connectivity index (χ4n) is 1.79. The van der Waals surface area contributed by atoms with Crippen molar-refractivity contribution in [2.24, 2.45) is 0 Å². The summed E-state index contributed by atoms with van der Waals surface area (Å²) < 4.78 is 1.44. The molecular formula is C14H11Br2NO3S. The highest BCUT2D eigenvalue weighted by molar-refractivity contribution is 9.11. The molecule has 7 heteroatoms. The van der Waals surface area contributed by atoms with E-state index in [2.05, 4.69) is 37.2 Å². The number of carbonyl (C=O) groups is 2. The van der Waals surface area contributed by atoms with E-state index in [4.69, 9.17) is 5.11 Å². The van der Waals surface area contributed by atoms with Gasteiger partial charge in [-0.15, -0.1) is 11.3 Å². The average molecular weight is 433 g/mol. The third kappa shape index (κ3) is 4.39. The van der Waals surface area contributed by atoms with Crippen LogP contribution in [0.3, 0.4) is 0 Å². The fourth-order valence-corrected chi connectivity index (χ4v) is 3.36. The molecule has 1 unspecified atom stereocenters. The third-order valence-electron chi connectivity index (χ3n) is 2.74. The van der Waals surface area contributed by atoms with Crippen LogP contribution in [0.4, 0.5) is 0 Å². The lowest BCUT2D eigenvalue weighted by Crippen LogP contribution is -2.30. The number of carboxylic acids is 1. The number of hydrogen-bond acceptors (Lipinski definition) is 3. The second kappa shape index (κ2) is 7.20. The summed E-state index contributed by atoms with van der Waals surface area (Å²) in [5, 5.41) is 13.6. The van der Waals surface area contributed by atoms with Gasteiger partial charge in [0.25, 0.3) is 5.91 Å². The lowest BCUT2D eigenvalue weighted by atomic mass is 10.1. The van der Waals surface area contributed by atoms with Crippen molar-refractivity contribution in [2.45, 2.75) is 12.5 Å². The Morgan fingerprint density at radius 3 is 2.67 bits per heavy atom. The van der Waals surface area contributed by atoms with Crippen molar-refractivity contribution < 1.29 is 14.7 Å². The summed E-state index contributed by atoms with van der Waals surface area (Å²) in [4.78, 5) is 24.2. The fraction of sp³-hybridized carbons (Fsp3) is 0.143. The van der Waals surface area contributed by atoms with Crippen molar-refractivity contribution in [1.29, 1.82) is 0 Å². The predicted molar refractivity (Wildman–Crippen MR) is 88.6 cm³/mol. The highest BCUT2D eigenvalue weighted by Crippen LogP contribution is 2.25. The molecule has 1 atom stereocenters. The Kier molecular flexibility index (Phi) is 5.55. The molecule has 0 radical (unpaired) electrons. The van der Waals surface area contributed by atoms with Crippen molar-refractivity contribution in [3.63, 3.8) is 0 Å². The first-order chi connectivity index (χ1) is 9.97. The summed E-state index contributed by atoms with van der Waals surface area (Å²) in [5.74, 6) is -1.27. The molecule has 0 aliphatic rings. The zero-order chi connectivity index (χ0) is 15.4. The molecular weight excluding hydrogens is 422 g/mol. The van der Waals surface area contributed by atoms with Crippen LogP contribution in [-0.2, 0) is 4.79 Å². The molecule has 1 aromatic carbocycles. The molecule has 2 rings (SSSR count). The number of benzene rings is 1. The van der Waals surface area contributed by atoms with E-state index in [1.54, 1.807) is 12.1 Å². The van der Waals surface area contributed by atoms with E-state index < -0.39 is 12.0 Å². The van der Waals surface area contributed by atoms with Crippen LogP contribution in [0, 0.1) is 0 Å². The van der Waals surface area contributed by atoms with Crippen molar-refractivity contribution >= 4 is 55.1 Å². The maximum atomic E-state index is 12.4. The van der Waals surface area contributed by atoms with E-state index in [0.717, 1.165) is 9.35 Å². The van der Waals surface area contributed by atoms with Gasteiger partial charge in [0.2, 0.25) is 0 Å². The summed E-state index contributed by atoms with van der Waals surface area (Å²) in [6.45, 7) is 0. The summed E-state index contributed by atoms with van der Waals surface area (Å²) in [6, 6.07) is 8.36. The first kappa shape index (κ1) is 16.2. The number of carboxylic acid groups (broad SMARTS) is 1. The van der Waals surface area contributed by atoms with Crippen LogP contribution in [0.1, 0.15) is 27.7 Å². The summed E-state index contributed by atoms with van der Waals surface area (Å²) in [7, 11) is 0. The Balaban J connectivity index is 2.22. The maximum absolute atomic E-state index is 12.4. The van der Waals surface area contributed by atoms with Gasteiger partial charge in [-0.1, -0.05) is 22.0 Å².